The van der Waals surface area contributed by atoms with Gasteiger partial charge in [0.15, 0.2) is 0 Å². The Kier molecular flexibility index (Phi) is 4.19. The number of rotatable bonds is 5. The Morgan fingerprint density at radius 2 is 1.94 bits per heavy atom. The molecule has 1 amide bonds. The molecule has 18 heavy (non-hydrogen) atoms. The number of benzene rings is 1. The van der Waals surface area contributed by atoms with Crippen molar-refractivity contribution >= 4 is 5.91 Å². The average Bonchev–Trinajstić information content (AvgIpc) is 2.90. The standard InChI is InChI=1S/C16H21NO/c1-2-3-13-17-15(18)16(11-7-8-12-16)14-9-5-4-6-10-14/h2,4-6,9-10H,1,3,7-8,11-13H2,(H,17,18). The third-order valence-corrected chi connectivity index (χ3v) is 3.85. The normalized spacial score (nSPS) is 17.3. The van der Waals surface area contributed by atoms with E-state index in [0.717, 1.165) is 32.1 Å². The molecule has 2 nitrogen and oxygen atoms in total. The lowest BCUT2D eigenvalue weighted by Crippen LogP contribution is -2.42. The molecule has 1 aromatic carbocycles. The summed E-state index contributed by atoms with van der Waals surface area (Å²) >= 11 is 0. The minimum absolute atomic E-state index is 0.188. The summed E-state index contributed by atoms with van der Waals surface area (Å²) in [5, 5.41) is 3.05. The van der Waals surface area contributed by atoms with E-state index in [1.165, 1.54) is 5.56 Å². The number of amides is 1. The van der Waals surface area contributed by atoms with Gasteiger partial charge in [0.05, 0.1) is 5.41 Å². The van der Waals surface area contributed by atoms with Crippen molar-refractivity contribution in [3.05, 3.63) is 48.6 Å². The molecule has 0 heterocycles. The van der Waals surface area contributed by atoms with Crippen molar-refractivity contribution in [3.63, 3.8) is 0 Å². The molecule has 2 heteroatoms. The van der Waals surface area contributed by atoms with E-state index in [0.29, 0.717) is 6.54 Å². The number of carbonyl (C=O) groups excluding carboxylic acids is 1. The lowest BCUT2D eigenvalue weighted by Gasteiger charge is -2.28. The van der Waals surface area contributed by atoms with Crippen molar-refractivity contribution in [3.8, 4) is 0 Å². The van der Waals surface area contributed by atoms with Crippen LogP contribution in [0, 0.1) is 0 Å². The summed E-state index contributed by atoms with van der Waals surface area (Å²) in [7, 11) is 0. The van der Waals surface area contributed by atoms with Gasteiger partial charge in [0.2, 0.25) is 5.91 Å². The number of nitrogens with one attached hydrogen (secondary N) is 1. The zero-order valence-corrected chi connectivity index (χ0v) is 10.8. The predicted octanol–water partition coefficient (Wildman–Crippen LogP) is 3.19. The van der Waals surface area contributed by atoms with Crippen LogP contribution in [0.4, 0.5) is 0 Å². The monoisotopic (exact) mass is 243 g/mol. The molecule has 1 fully saturated rings. The van der Waals surface area contributed by atoms with Crippen LogP contribution < -0.4 is 5.32 Å². The highest BCUT2D eigenvalue weighted by molar-refractivity contribution is 5.88. The molecule has 0 aromatic heterocycles. The van der Waals surface area contributed by atoms with Crippen molar-refractivity contribution in [2.75, 3.05) is 6.54 Å². The summed E-state index contributed by atoms with van der Waals surface area (Å²) < 4.78 is 0. The lowest BCUT2D eigenvalue weighted by atomic mass is 9.78. The third-order valence-electron chi connectivity index (χ3n) is 3.85. The molecule has 1 aliphatic rings. The van der Waals surface area contributed by atoms with Crippen molar-refractivity contribution in [1.82, 2.24) is 5.32 Å². The maximum atomic E-state index is 12.5. The Balaban J connectivity index is 2.17. The number of hydrogen-bond donors (Lipinski definition) is 1. The van der Waals surface area contributed by atoms with Crippen LogP contribution in [0.1, 0.15) is 37.7 Å². The molecule has 96 valence electrons. The smallest absolute Gasteiger partial charge is 0.230 e. The molecule has 0 atom stereocenters. The van der Waals surface area contributed by atoms with Gasteiger partial charge in [-0.1, -0.05) is 49.2 Å². The predicted molar refractivity (Wildman–Crippen MR) is 74.4 cm³/mol. The molecule has 1 saturated carbocycles. The molecule has 0 saturated heterocycles. The Morgan fingerprint density at radius 1 is 1.28 bits per heavy atom. The second kappa shape index (κ2) is 5.85. The molecule has 0 unspecified atom stereocenters. The van der Waals surface area contributed by atoms with Crippen molar-refractivity contribution < 1.29 is 4.79 Å². The van der Waals surface area contributed by atoms with Gasteiger partial charge < -0.3 is 5.32 Å². The molecule has 0 aliphatic heterocycles. The zero-order valence-electron chi connectivity index (χ0n) is 10.8. The van der Waals surface area contributed by atoms with Gasteiger partial charge in [-0.2, -0.15) is 0 Å². The first kappa shape index (κ1) is 12.9. The summed E-state index contributed by atoms with van der Waals surface area (Å²) in [6, 6.07) is 10.2. The molecule has 0 bridgehead atoms. The van der Waals surface area contributed by atoms with E-state index in [4.69, 9.17) is 0 Å². The molecule has 0 radical (unpaired) electrons. The van der Waals surface area contributed by atoms with Crippen LogP contribution in [0.2, 0.25) is 0 Å². The van der Waals surface area contributed by atoms with Gasteiger partial charge in [-0.25, -0.2) is 0 Å². The maximum Gasteiger partial charge on any atom is 0.230 e. The maximum absolute atomic E-state index is 12.5. The van der Waals surface area contributed by atoms with Crippen LogP contribution in [0.5, 0.6) is 0 Å². The van der Waals surface area contributed by atoms with Crippen LogP contribution in [-0.2, 0) is 10.2 Å². The fourth-order valence-electron chi connectivity index (χ4n) is 2.84. The average molecular weight is 243 g/mol. The number of hydrogen-bond acceptors (Lipinski definition) is 1. The summed E-state index contributed by atoms with van der Waals surface area (Å²) in [5.74, 6) is 0.188. The molecular formula is C16H21NO. The quantitative estimate of drug-likeness (QED) is 0.624. The fourth-order valence-corrected chi connectivity index (χ4v) is 2.84. The minimum atomic E-state index is -0.289. The molecule has 1 N–H and O–H groups in total. The van der Waals surface area contributed by atoms with E-state index in [1.54, 1.807) is 0 Å². The van der Waals surface area contributed by atoms with Crippen LogP contribution in [-0.4, -0.2) is 12.5 Å². The molecule has 1 aromatic rings. The van der Waals surface area contributed by atoms with E-state index < -0.39 is 0 Å². The minimum Gasteiger partial charge on any atom is -0.355 e. The summed E-state index contributed by atoms with van der Waals surface area (Å²) in [4.78, 5) is 12.5. The van der Waals surface area contributed by atoms with Crippen molar-refractivity contribution in [2.45, 2.75) is 37.5 Å². The Bertz CT molecular complexity index is 404. The van der Waals surface area contributed by atoms with Gasteiger partial charge in [-0.15, -0.1) is 6.58 Å². The first-order valence-electron chi connectivity index (χ1n) is 6.74. The van der Waals surface area contributed by atoms with E-state index >= 15 is 0 Å². The van der Waals surface area contributed by atoms with Gasteiger partial charge in [-0.3, -0.25) is 4.79 Å². The van der Waals surface area contributed by atoms with Gasteiger partial charge in [0, 0.05) is 6.54 Å². The van der Waals surface area contributed by atoms with E-state index in [-0.39, 0.29) is 11.3 Å². The third kappa shape index (κ3) is 2.47. The highest BCUT2D eigenvalue weighted by atomic mass is 16.2. The fraction of sp³-hybridized carbons (Fsp3) is 0.438. The van der Waals surface area contributed by atoms with Crippen molar-refractivity contribution in [2.24, 2.45) is 0 Å². The van der Waals surface area contributed by atoms with Gasteiger partial charge in [0.1, 0.15) is 0 Å². The lowest BCUT2D eigenvalue weighted by molar-refractivity contribution is -0.126. The first-order chi connectivity index (χ1) is 8.79. The molecule has 0 spiro atoms. The van der Waals surface area contributed by atoms with E-state index in [1.807, 2.05) is 24.3 Å². The first-order valence-corrected chi connectivity index (χ1v) is 6.74. The van der Waals surface area contributed by atoms with Crippen LogP contribution in [0.15, 0.2) is 43.0 Å². The second-order valence-corrected chi connectivity index (χ2v) is 4.99. The summed E-state index contributed by atoms with van der Waals surface area (Å²) in [6.45, 7) is 4.37. The van der Waals surface area contributed by atoms with E-state index in [9.17, 15) is 4.79 Å². The van der Waals surface area contributed by atoms with Crippen LogP contribution in [0.25, 0.3) is 0 Å². The Hall–Kier alpha value is -1.57. The zero-order chi connectivity index (χ0) is 12.8. The number of carbonyl (C=O) groups is 1. The highest BCUT2D eigenvalue weighted by Crippen LogP contribution is 2.41. The van der Waals surface area contributed by atoms with Gasteiger partial charge in [-0.05, 0) is 24.8 Å². The molecule has 2 rings (SSSR count). The summed E-state index contributed by atoms with van der Waals surface area (Å²) in [5.41, 5.74) is 0.876. The van der Waals surface area contributed by atoms with Gasteiger partial charge >= 0.3 is 0 Å². The van der Waals surface area contributed by atoms with Crippen molar-refractivity contribution in [1.29, 1.82) is 0 Å². The topological polar surface area (TPSA) is 29.1 Å². The largest absolute Gasteiger partial charge is 0.355 e. The Labute approximate surface area is 109 Å². The Morgan fingerprint density at radius 3 is 2.56 bits per heavy atom. The highest BCUT2D eigenvalue weighted by Gasteiger charge is 2.42. The SMILES string of the molecule is C=CCCNC(=O)C1(c2ccccc2)CCCC1. The van der Waals surface area contributed by atoms with Crippen LogP contribution in [0.3, 0.4) is 0 Å². The van der Waals surface area contributed by atoms with Gasteiger partial charge in [0.25, 0.3) is 0 Å². The van der Waals surface area contributed by atoms with E-state index in [2.05, 4.69) is 24.0 Å². The molecule has 1 aliphatic carbocycles. The summed E-state index contributed by atoms with van der Waals surface area (Å²) in [6.07, 6.45) is 6.89. The molecular weight excluding hydrogens is 222 g/mol. The second-order valence-electron chi connectivity index (χ2n) is 4.99. The van der Waals surface area contributed by atoms with Crippen LogP contribution >= 0.6 is 0 Å².